The van der Waals surface area contributed by atoms with Crippen molar-refractivity contribution in [1.29, 1.82) is 0 Å². The predicted molar refractivity (Wildman–Crippen MR) is 129 cm³/mol. The number of nitrogens with zero attached hydrogens (tertiary/aromatic N) is 1. The van der Waals surface area contributed by atoms with Crippen LogP contribution in [0.1, 0.15) is 5.56 Å². The van der Waals surface area contributed by atoms with E-state index in [4.69, 9.17) is 18.9 Å². The van der Waals surface area contributed by atoms with Crippen molar-refractivity contribution < 1.29 is 28.5 Å². The van der Waals surface area contributed by atoms with Gasteiger partial charge in [-0.15, -0.1) is 0 Å². The predicted octanol–water partition coefficient (Wildman–Crippen LogP) is 4.12. The van der Waals surface area contributed by atoms with Crippen molar-refractivity contribution >= 4 is 28.8 Å². The van der Waals surface area contributed by atoms with E-state index < -0.39 is 11.8 Å². The van der Waals surface area contributed by atoms with Gasteiger partial charge in [0, 0.05) is 11.6 Å². The number of benzene rings is 3. The topological polar surface area (TPSA) is 86.3 Å². The van der Waals surface area contributed by atoms with Crippen LogP contribution in [0.15, 0.2) is 72.4 Å². The first-order valence-electron chi connectivity index (χ1n) is 10.4. The summed E-state index contributed by atoms with van der Waals surface area (Å²) in [5.74, 6) is 1.14. The Labute approximate surface area is 197 Å². The van der Waals surface area contributed by atoms with Crippen molar-refractivity contribution in [3.8, 4) is 23.0 Å². The van der Waals surface area contributed by atoms with Crippen molar-refractivity contribution in [2.75, 3.05) is 38.7 Å². The van der Waals surface area contributed by atoms with Crippen LogP contribution in [0.4, 0.5) is 11.4 Å². The largest absolute Gasteiger partial charge is 0.497 e. The van der Waals surface area contributed by atoms with E-state index in [1.54, 1.807) is 80.9 Å². The van der Waals surface area contributed by atoms with Crippen LogP contribution in [0.2, 0.25) is 0 Å². The number of hydrogen-bond donors (Lipinski definition) is 1. The van der Waals surface area contributed by atoms with Gasteiger partial charge >= 0.3 is 0 Å². The maximum atomic E-state index is 13.7. The molecule has 0 unspecified atom stereocenters. The molecule has 1 heterocycles. The monoisotopic (exact) mass is 460 g/mol. The van der Waals surface area contributed by atoms with E-state index in [2.05, 4.69) is 5.32 Å². The molecular weight excluding hydrogens is 436 g/mol. The molecule has 3 aromatic carbocycles. The van der Waals surface area contributed by atoms with Gasteiger partial charge in [0.2, 0.25) is 0 Å². The van der Waals surface area contributed by atoms with E-state index in [1.807, 2.05) is 0 Å². The second-order valence-electron chi connectivity index (χ2n) is 7.29. The average molecular weight is 460 g/mol. The van der Waals surface area contributed by atoms with E-state index in [0.717, 1.165) is 4.90 Å². The summed E-state index contributed by atoms with van der Waals surface area (Å²) in [7, 11) is 6.13. The number of methoxy groups -OCH3 is 4. The van der Waals surface area contributed by atoms with Crippen LogP contribution < -0.4 is 29.2 Å². The summed E-state index contributed by atoms with van der Waals surface area (Å²) in [6.45, 7) is 0. The maximum Gasteiger partial charge on any atom is 0.282 e. The second-order valence-corrected chi connectivity index (χ2v) is 7.29. The Morgan fingerprint density at radius 1 is 0.676 bits per heavy atom. The minimum Gasteiger partial charge on any atom is -0.497 e. The Kier molecular flexibility index (Phi) is 6.40. The van der Waals surface area contributed by atoms with Gasteiger partial charge in [0.05, 0.1) is 45.4 Å². The zero-order valence-electron chi connectivity index (χ0n) is 19.2. The molecule has 34 heavy (non-hydrogen) atoms. The van der Waals surface area contributed by atoms with Gasteiger partial charge in [-0.3, -0.25) is 9.59 Å². The van der Waals surface area contributed by atoms with Crippen LogP contribution in [0.25, 0.3) is 5.57 Å². The molecule has 0 aromatic heterocycles. The molecule has 0 aliphatic carbocycles. The molecule has 0 spiro atoms. The number of imide groups is 1. The van der Waals surface area contributed by atoms with Crippen LogP contribution in [-0.2, 0) is 9.59 Å². The van der Waals surface area contributed by atoms with Crippen LogP contribution in [-0.4, -0.2) is 40.3 Å². The van der Waals surface area contributed by atoms with Crippen molar-refractivity contribution in [1.82, 2.24) is 0 Å². The zero-order chi connectivity index (χ0) is 24.2. The number of nitrogens with one attached hydrogen (secondary N) is 1. The SMILES string of the molecule is COc1ccc(N2C(=O)C(Nc3ccc(OC)cc3OC)=C(c3ccccc3OC)C2=O)cc1. The van der Waals surface area contributed by atoms with E-state index in [-0.39, 0.29) is 11.3 Å². The smallest absolute Gasteiger partial charge is 0.282 e. The molecule has 0 atom stereocenters. The van der Waals surface area contributed by atoms with Crippen molar-refractivity contribution in [3.63, 3.8) is 0 Å². The molecule has 0 fully saturated rings. The van der Waals surface area contributed by atoms with Crippen LogP contribution in [0.5, 0.6) is 23.0 Å². The van der Waals surface area contributed by atoms with Gasteiger partial charge in [-0.1, -0.05) is 18.2 Å². The number of carbonyl (C=O) groups is 2. The maximum absolute atomic E-state index is 13.7. The summed E-state index contributed by atoms with van der Waals surface area (Å²) in [6, 6.07) is 18.9. The molecule has 4 rings (SSSR count). The first kappa shape index (κ1) is 22.7. The molecule has 1 N–H and O–H groups in total. The minimum absolute atomic E-state index is 0.105. The molecule has 3 aromatic rings. The second kappa shape index (κ2) is 9.58. The highest BCUT2D eigenvalue weighted by atomic mass is 16.5. The number of rotatable bonds is 8. The van der Waals surface area contributed by atoms with Gasteiger partial charge in [-0.05, 0) is 42.5 Å². The number of anilines is 2. The highest BCUT2D eigenvalue weighted by Gasteiger charge is 2.41. The van der Waals surface area contributed by atoms with Crippen molar-refractivity contribution in [2.24, 2.45) is 0 Å². The van der Waals surface area contributed by atoms with Crippen LogP contribution in [0.3, 0.4) is 0 Å². The first-order chi connectivity index (χ1) is 16.5. The molecule has 0 bridgehead atoms. The number of carbonyl (C=O) groups excluding carboxylic acids is 2. The fourth-order valence-corrected chi connectivity index (χ4v) is 3.75. The Morgan fingerprint density at radius 2 is 1.32 bits per heavy atom. The van der Waals surface area contributed by atoms with Gasteiger partial charge in [0.1, 0.15) is 28.7 Å². The number of ether oxygens (including phenoxy) is 4. The third kappa shape index (κ3) is 4.01. The lowest BCUT2D eigenvalue weighted by Crippen LogP contribution is -2.32. The average Bonchev–Trinajstić information content (AvgIpc) is 3.12. The highest BCUT2D eigenvalue weighted by Crippen LogP contribution is 2.39. The summed E-state index contributed by atoms with van der Waals surface area (Å²) < 4.78 is 21.4. The molecule has 0 saturated heterocycles. The van der Waals surface area contributed by atoms with Gasteiger partial charge in [-0.2, -0.15) is 0 Å². The number of amides is 2. The normalized spacial score (nSPS) is 13.2. The van der Waals surface area contributed by atoms with Crippen molar-refractivity contribution in [3.05, 3.63) is 78.0 Å². The quantitative estimate of drug-likeness (QED) is 0.506. The highest BCUT2D eigenvalue weighted by molar-refractivity contribution is 6.46. The molecule has 0 radical (unpaired) electrons. The summed E-state index contributed by atoms with van der Waals surface area (Å²) in [4.78, 5) is 28.4. The fraction of sp³-hybridized carbons (Fsp3) is 0.154. The standard InChI is InChI=1S/C26H24N2O6/c1-31-17-11-9-16(10-12-17)28-25(29)23(19-7-5-6-8-21(19)33-3)24(26(28)30)27-20-14-13-18(32-2)15-22(20)34-4/h5-15,27H,1-4H3. The molecule has 0 saturated carbocycles. The van der Waals surface area contributed by atoms with Gasteiger partial charge in [-0.25, -0.2) is 4.90 Å². The Hall–Kier alpha value is -4.46. The third-order valence-corrected chi connectivity index (χ3v) is 5.46. The van der Waals surface area contributed by atoms with Crippen LogP contribution >= 0.6 is 0 Å². The zero-order valence-corrected chi connectivity index (χ0v) is 19.2. The van der Waals surface area contributed by atoms with E-state index >= 15 is 0 Å². The first-order valence-corrected chi connectivity index (χ1v) is 10.4. The van der Waals surface area contributed by atoms with Crippen molar-refractivity contribution in [2.45, 2.75) is 0 Å². The third-order valence-electron chi connectivity index (χ3n) is 5.46. The number of para-hydroxylation sites is 1. The fourth-order valence-electron chi connectivity index (χ4n) is 3.75. The Morgan fingerprint density at radius 3 is 1.97 bits per heavy atom. The molecule has 2 amide bonds. The molecule has 1 aliphatic heterocycles. The van der Waals surface area contributed by atoms with Gasteiger partial charge in [0.15, 0.2) is 0 Å². The lowest BCUT2D eigenvalue weighted by molar-refractivity contribution is -0.120. The summed E-state index contributed by atoms with van der Waals surface area (Å²) >= 11 is 0. The van der Waals surface area contributed by atoms with Gasteiger partial charge < -0.3 is 24.3 Å². The summed E-state index contributed by atoms with van der Waals surface area (Å²) in [5.41, 5.74) is 1.71. The van der Waals surface area contributed by atoms with E-state index in [0.29, 0.717) is 39.9 Å². The van der Waals surface area contributed by atoms with Gasteiger partial charge in [0.25, 0.3) is 11.8 Å². The van der Waals surface area contributed by atoms with E-state index in [1.165, 1.54) is 14.2 Å². The molecule has 1 aliphatic rings. The Bertz CT molecular complexity index is 1270. The number of hydrogen-bond acceptors (Lipinski definition) is 7. The lowest BCUT2D eigenvalue weighted by Gasteiger charge is -2.16. The summed E-state index contributed by atoms with van der Waals surface area (Å²) in [5, 5.41) is 3.12. The molecule has 8 heteroatoms. The molecular formula is C26H24N2O6. The molecule has 8 nitrogen and oxygen atoms in total. The summed E-state index contributed by atoms with van der Waals surface area (Å²) in [6.07, 6.45) is 0. The van der Waals surface area contributed by atoms with E-state index in [9.17, 15) is 9.59 Å². The molecule has 174 valence electrons. The Balaban J connectivity index is 1.85. The van der Waals surface area contributed by atoms with Crippen LogP contribution in [0, 0.1) is 0 Å². The lowest BCUT2D eigenvalue weighted by atomic mass is 10.0. The minimum atomic E-state index is -0.506.